The van der Waals surface area contributed by atoms with Crippen LogP contribution in [0.3, 0.4) is 0 Å². The van der Waals surface area contributed by atoms with Gasteiger partial charge in [-0.05, 0) is 80.9 Å². The number of hydrogen-bond acceptors (Lipinski definition) is 4. The molecule has 2 aliphatic heterocycles. The molecule has 0 aromatic heterocycles. The van der Waals surface area contributed by atoms with E-state index in [2.05, 4.69) is 13.0 Å². The van der Waals surface area contributed by atoms with E-state index in [1.165, 1.54) is 0 Å². The summed E-state index contributed by atoms with van der Waals surface area (Å²) in [6, 6.07) is 11.6. The number of ether oxygens (including phenoxy) is 1. The molecule has 2 saturated heterocycles. The number of rotatable bonds is 4. The van der Waals surface area contributed by atoms with Gasteiger partial charge in [-0.2, -0.15) is 5.26 Å². The lowest BCUT2D eigenvalue weighted by Crippen LogP contribution is -2.47. The van der Waals surface area contributed by atoms with E-state index in [-0.39, 0.29) is 30.0 Å². The Labute approximate surface area is 194 Å². The SMILES string of the molecule is C[C@H]1CC[C@@H](Oc2ccc3cc(C(=O)N4C5CCC4CC(C(=O)O)C5)ccc3c2C#N)CC1. The van der Waals surface area contributed by atoms with E-state index in [0.717, 1.165) is 55.2 Å². The Morgan fingerprint density at radius 1 is 1.03 bits per heavy atom. The number of nitriles is 1. The molecule has 1 aliphatic carbocycles. The minimum absolute atomic E-state index is 0.00305. The molecular formula is C27H30N2O4. The quantitative estimate of drug-likeness (QED) is 0.702. The number of carboxylic acids is 1. The maximum atomic E-state index is 13.4. The van der Waals surface area contributed by atoms with E-state index < -0.39 is 5.97 Å². The van der Waals surface area contributed by atoms with Crippen molar-refractivity contribution in [1.29, 1.82) is 5.26 Å². The van der Waals surface area contributed by atoms with Gasteiger partial charge < -0.3 is 14.7 Å². The third kappa shape index (κ3) is 4.06. The standard InChI is InChI=1S/C27H30N2O4/c1-16-2-8-22(9-3-16)33-25-11-5-17-12-18(4-10-23(17)24(25)15-28)26(30)29-20-6-7-21(29)14-19(13-20)27(31)32/h4-5,10-12,16,19-22H,2-3,6-9,13-14H2,1H3,(H,31,32)/t16-,19?,20?,21?,22+. The van der Waals surface area contributed by atoms with Crippen molar-refractivity contribution in [2.45, 2.75) is 76.5 Å². The Bertz CT molecular complexity index is 1110. The van der Waals surface area contributed by atoms with Crippen molar-refractivity contribution in [2.24, 2.45) is 11.8 Å². The molecule has 5 rings (SSSR count). The molecule has 2 aromatic carbocycles. The molecule has 3 fully saturated rings. The van der Waals surface area contributed by atoms with Crippen LogP contribution in [0.4, 0.5) is 0 Å². The molecule has 6 nitrogen and oxygen atoms in total. The molecule has 2 heterocycles. The number of piperidine rings is 1. The second-order valence-electron chi connectivity index (χ2n) is 10.1. The predicted molar refractivity (Wildman–Crippen MR) is 124 cm³/mol. The average Bonchev–Trinajstić information content (AvgIpc) is 3.08. The number of benzene rings is 2. The molecule has 6 heteroatoms. The lowest BCUT2D eigenvalue weighted by Gasteiger charge is -2.37. The van der Waals surface area contributed by atoms with E-state index in [4.69, 9.17) is 4.74 Å². The number of nitrogens with zero attached hydrogens (tertiary/aromatic N) is 2. The smallest absolute Gasteiger partial charge is 0.306 e. The Balaban J connectivity index is 1.38. The average molecular weight is 447 g/mol. The lowest BCUT2D eigenvalue weighted by atomic mass is 9.89. The fourth-order valence-corrected chi connectivity index (χ4v) is 6.04. The van der Waals surface area contributed by atoms with Gasteiger partial charge in [-0.25, -0.2) is 0 Å². The first-order chi connectivity index (χ1) is 15.9. The number of fused-ring (bicyclic) bond motifs is 3. The first kappa shape index (κ1) is 21.8. The highest BCUT2D eigenvalue weighted by Crippen LogP contribution is 2.40. The van der Waals surface area contributed by atoms with E-state index >= 15 is 0 Å². The van der Waals surface area contributed by atoms with Gasteiger partial charge in [-0.3, -0.25) is 9.59 Å². The normalized spacial score (nSPS) is 29.0. The summed E-state index contributed by atoms with van der Waals surface area (Å²) >= 11 is 0. The summed E-state index contributed by atoms with van der Waals surface area (Å²) in [7, 11) is 0. The predicted octanol–water partition coefficient (Wildman–Crippen LogP) is 5.14. The zero-order valence-electron chi connectivity index (χ0n) is 19.0. The van der Waals surface area contributed by atoms with Crippen LogP contribution >= 0.6 is 0 Å². The summed E-state index contributed by atoms with van der Waals surface area (Å²) in [5, 5.41) is 20.9. The second kappa shape index (κ2) is 8.70. The van der Waals surface area contributed by atoms with Gasteiger partial charge in [0.05, 0.1) is 12.0 Å². The zero-order valence-corrected chi connectivity index (χ0v) is 19.0. The topological polar surface area (TPSA) is 90.6 Å². The molecule has 172 valence electrons. The summed E-state index contributed by atoms with van der Waals surface area (Å²) in [6.45, 7) is 2.27. The van der Waals surface area contributed by atoms with E-state index in [1.807, 2.05) is 29.2 Å². The molecule has 1 N–H and O–H groups in total. The van der Waals surface area contributed by atoms with Gasteiger partial charge >= 0.3 is 5.97 Å². The van der Waals surface area contributed by atoms with Crippen LogP contribution in [0, 0.1) is 23.2 Å². The maximum absolute atomic E-state index is 13.4. The van der Waals surface area contributed by atoms with Crippen molar-refractivity contribution in [2.75, 3.05) is 0 Å². The summed E-state index contributed by atoms with van der Waals surface area (Å²) < 4.78 is 6.23. The van der Waals surface area contributed by atoms with Gasteiger partial charge in [-0.1, -0.05) is 19.1 Å². The van der Waals surface area contributed by atoms with Crippen LogP contribution in [-0.4, -0.2) is 40.1 Å². The molecule has 33 heavy (non-hydrogen) atoms. The Kier molecular flexibility index (Phi) is 5.74. The molecule has 2 bridgehead atoms. The van der Waals surface area contributed by atoms with Crippen molar-refractivity contribution < 1.29 is 19.4 Å². The van der Waals surface area contributed by atoms with Crippen LogP contribution in [-0.2, 0) is 4.79 Å². The zero-order chi connectivity index (χ0) is 23.1. The number of carboxylic acid groups (broad SMARTS) is 1. The molecule has 0 radical (unpaired) electrons. The third-order valence-electron chi connectivity index (χ3n) is 7.91. The summed E-state index contributed by atoms with van der Waals surface area (Å²) in [5.41, 5.74) is 1.11. The van der Waals surface area contributed by atoms with Gasteiger partial charge in [0, 0.05) is 23.0 Å². The Hall–Kier alpha value is -3.07. The van der Waals surface area contributed by atoms with Crippen molar-refractivity contribution in [3.8, 4) is 11.8 Å². The minimum atomic E-state index is -0.755. The molecule has 0 spiro atoms. The fraction of sp³-hybridized carbons (Fsp3) is 0.519. The van der Waals surface area contributed by atoms with Crippen LogP contribution in [0.5, 0.6) is 5.75 Å². The van der Waals surface area contributed by atoms with Gasteiger partial charge in [0.25, 0.3) is 5.91 Å². The molecule has 1 amide bonds. The lowest BCUT2D eigenvalue weighted by molar-refractivity contribution is -0.144. The first-order valence-electron chi connectivity index (χ1n) is 12.1. The fourth-order valence-electron chi connectivity index (χ4n) is 6.04. The van der Waals surface area contributed by atoms with Gasteiger partial charge in [0.2, 0.25) is 0 Å². The first-order valence-corrected chi connectivity index (χ1v) is 12.1. The summed E-state index contributed by atoms with van der Waals surface area (Å²) in [4.78, 5) is 26.7. The maximum Gasteiger partial charge on any atom is 0.306 e. The van der Waals surface area contributed by atoms with Gasteiger partial charge in [0.1, 0.15) is 17.4 Å². The van der Waals surface area contributed by atoms with Crippen molar-refractivity contribution in [3.05, 3.63) is 41.5 Å². The molecule has 2 aromatic rings. The van der Waals surface area contributed by atoms with E-state index in [9.17, 15) is 20.0 Å². The Morgan fingerprint density at radius 2 is 1.73 bits per heavy atom. The molecule has 2 atom stereocenters. The van der Waals surface area contributed by atoms with E-state index in [1.54, 1.807) is 6.07 Å². The van der Waals surface area contributed by atoms with Gasteiger partial charge in [0.15, 0.2) is 0 Å². The molecule has 2 unspecified atom stereocenters. The van der Waals surface area contributed by atoms with Crippen LogP contribution in [0.15, 0.2) is 30.3 Å². The number of aliphatic carboxylic acids is 1. The second-order valence-corrected chi connectivity index (χ2v) is 10.1. The molecular weight excluding hydrogens is 416 g/mol. The van der Waals surface area contributed by atoms with Crippen molar-refractivity contribution in [3.63, 3.8) is 0 Å². The highest BCUT2D eigenvalue weighted by molar-refractivity contribution is 6.00. The number of hydrogen-bond donors (Lipinski definition) is 1. The number of carbonyl (C=O) groups excluding carboxylic acids is 1. The number of carbonyl (C=O) groups is 2. The molecule has 1 saturated carbocycles. The Morgan fingerprint density at radius 3 is 2.36 bits per heavy atom. The van der Waals surface area contributed by atoms with Crippen molar-refractivity contribution >= 4 is 22.6 Å². The third-order valence-corrected chi connectivity index (χ3v) is 7.91. The largest absolute Gasteiger partial charge is 0.489 e. The van der Waals surface area contributed by atoms with Crippen LogP contribution < -0.4 is 4.74 Å². The van der Waals surface area contributed by atoms with Crippen LogP contribution in [0.2, 0.25) is 0 Å². The monoisotopic (exact) mass is 446 g/mol. The minimum Gasteiger partial charge on any atom is -0.489 e. The van der Waals surface area contributed by atoms with Crippen molar-refractivity contribution in [1.82, 2.24) is 4.90 Å². The highest BCUT2D eigenvalue weighted by Gasteiger charge is 2.45. The van der Waals surface area contributed by atoms with Crippen LogP contribution in [0.25, 0.3) is 10.8 Å². The van der Waals surface area contributed by atoms with Crippen LogP contribution in [0.1, 0.15) is 74.2 Å². The van der Waals surface area contributed by atoms with Gasteiger partial charge in [-0.15, -0.1) is 0 Å². The number of amides is 1. The van der Waals surface area contributed by atoms with E-state index in [0.29, 0.717) is 29.7 Å². The summed E-state index contributed by atoms with van der Waals surface area (Å²) in [5.74, 6) is 0.209. The summed E-state index contributed by atoms with van der Waals surface area (Å²) in [6.07, 6.45) is 7.27. The molecule has 3 aliphatic rings. The highest BCUT2D eigenvalue weighted by atomic mass is 16.5.